The number of rotatable bonds is 6. The molecule has 1 aromatic heterocycles. The van der Waals surface area contributed by atoms with Crippen molar-refractivity contribution in [3.8, 4) is 0 Å². The van der Waals surface area contributed by atoms with E-state index in [0.717, 1.165) is 64.3 Å². The van der Waals surface area contributed by atoms with Gasteiger partial charge >= 0.3 is 0 Å². The highest BCUT2D eigenvalue weighted by Gasteiger charge is 2.39. The van der Waals surface area contributed by atoms with Gasteiger partial charge in [-0.1, -0.05) is 30.8 Å². The molecule has 31 heavy (non-hydrogen) atoms. The van der Waals surface area contributed by atoms with E-state index in [-0.39, 0.29) is 24.1 Å². The number of ether oxygens (including phenoxy) is 2. The SMILES string of the molecule is CC(=O)NC1(c2noc(CCC(=O)N3CCCCC3C3OCCO3)n2)CCCCCC1. The Morgan fingerprint density at radius 3 is 2.55 bits per heavy atom. The molecule has 4 rings (SSSR count). The molecule has 1 atom stereocenters. The van der Waals surface area contributed by atoms with Crippen molar-refractivity contribution in [1.29, 1.82) is 0 Å². The lowest BCUT2D eigenvalue weighted by Crippen LogP contribution is -2.50. The molecule has 9 nitrogen and oxygen atoms in total. The average Bonchev–Trinajstić information content (AvgIpc) is 3.42. The van der Waals surface area contributed by atoms with Crippen molar-refractivity contribution in [2.75, 3.05) is 19.8 Å². The first kappa shape index (κ1) is 22.2. The number of likely N-dealkylation sites (tertiary alicyclic amines) is 1. The molecule has 1 N–H and O–H groups in total. The van der Waals surface area contributed by atoms with Gasteiger partial charge in [0.25, 0.3) is 0 Å². The molecule has 2 aliphatic heterocycles. The molecular weight excluding hydrogens is 400 g/mol. The van der Waals surface area contributed by atoms with E-state index in [2.05, 4.69) is 15.5 Å². The van der Waals surface area contributed by atoms with Crippen LogP contribution in [0.25, 0.3) is 0 Å². The van der Waals surface area contributed by atoms with Crippen LogP contribution in [0.5, 0.6) is 0 Å². The van der Waals surface area contributed by atoms with Gasteiger partial charge in [0.2, 0.25) is 17.7 Å². The zero-order chi connectivity index (χ0) is 21.7. The molecule has 0 radical (unpaired) electrons. The van der Waals surface area contributed by atoms with Crippen LogP contribution in [0.15, 0.2) is 4.52 Å². The van der Waals surface area contributed by atoms with Crippen LogP contribution in [0, 0.1) is 0 Å². The van der Waals surface area contributed by atoms with Crippen LogP contribution in [0.4, 0.5) is 0 Å². The van der Waals surface area contributed by atoms with Gasteiger partial charge < -0.3 is 24.2 Å². The Morgan fingerprint density at radius 2 is 1.84 bits per heavy atom. The van der Waals surface area contributed by atoms with Crippen LogP contribution in [-0.4, -0.2) is 58.9 Å². The quantitative estimate of drug-likeness (QED) is 0.685. The zero-order valence-corrected chi connectivity index (χ0v) is 18.4. The minimum Gasteiger partial charge on any atom is -0.348 e. The molecule has 3 fully saturated rings. The lowest BCUT2D eigenvalue weighted by molar-refractivity contribution is -0.150. The van der Waals surface area contributed by atoms with Crippen molar-refractivity contribution in [2.24, 2.45) is 0 Å². The predicted molar refractivity (Wildman–Crippen MR) is 111 cm³/mol. The fraction of sp³-hybridized carbons (Fsp3) is 0.818. The van der Waals surface area contributed by atoms with Crippen LogP contribution in [-0.2, 0) is 31.0 Å². The van der Waals surface area contributed by atoms with Crippen LogP contribution < -0.4 is 5.32 Å². The smallest absolute Gasteiger partial charge is 0.227 e. The Hall–Kier alpha value is -2.00. The molecule has 0 bridgehead atoms. The summed E-state index contributed by atoms with van der Waals surface area (Å²) in [4.78, 5) is 31.3. The minimum absolute atomic E-state index is 0.0176. The van der Waals surface area contributed by atoms with Crippen LogP contribution >= 0.6 is 0 Å². The Labute approximate surface area is 183 Å². The van der Waals surface area contributed by atoms with Gasteiger partial charge in [-0.15, -0.1) is 0 Å². The van der Waals surface area contributed by atoms with Crippen molar-refractivity contribution in [1.82, 2.24) is 20.4 Å². The average molecular weight is 435 g/mol. The topological polar surface area (TPSA) is 107 Å². The molecule has 2 saturated heterocycles. The summed E-state index contributed by atoms with van der Waals surface area (Å²) in [6.07, 6.45) is 9.30. The summed E-state index contributed by atoms with van der Waals surface area (Å²) < 4.78 is 16.8. The molecule has 1 saturated carbocycles. The molecule has 9 heteroatoms. The van der Waals surface area contributed by atoms with E-state index in [1.54, 1.807) is 0 Å². The van der Waals surface area contributed by atoms with Crippen LogP contribution in [0.3, 0.4) is 0 Å². The molecule has 2 amide bonds. The van der Waals surface area contributed by atoms with E-state index in [9.17, 15) is 9.59 Å². The maximum atomic E-state index is 13.0. The summed E-state index contributed by atoms with van der Waals surface area (Å²) >= 11 is 0. The maximum Gasteiger partial charge on any atom is 0.227 e. The highest BCUT2D eigenvalue weighted by molar-refractivity contribution is 5.77. The van der Waals surface area contributed by atoms with Crippen molar-refractivity contribution < 1.29 is 23.6 Å². The second-order valence-electron chi connectivity index (χ2n) is 8.95. The molecular formula is C22H34N4O5. The Balaban J connectivity index is 1.39. The van der Waals surface area contributed by atoms with Crippen molar-refractivity contribution in [3.63, 3.8) is 0 Å². The van der Waals surface area contributed by atoms with Gasteiger partial charge in [-0.25, -0.2) is 0 Å². The van der Waals surface area contributed by atoms with Crippen molar-refractivity contribution in [2.45, 2.75) is 95.4 Å². The van der Waals surface area contributed by atoms with Crippen LogP contribution in [0.1, 0.15) is 82.8 Å². The van der Waals surface area contributed by atoms with Gasteiger partial charge in [0.05, 0.1) is 19.3 Å². The van der Waals surface area contributed by atoms with Gasteiger partial charge in [0.15, 0.2) is 12.1 Å². The van der Waals surface area contributed by atoms with Gasteiger partial charge in [-0.05, 0) is 32.1 Å². The zero-order valence-electron chi connectivity index (χ0n) is 18.4. The van der Waals surface area contributed by atoms with E-state index in [1.165, 1.54) is 6.92 Å². The molecule has 1 aromatic rings. The number of nitrogens with zero attached hydrogens (tertiary/aromatic N) is 3. The summed E-state index contributed by atoms with van der Waals surface area (Å²) in [5, 5.41) is 7.30. The number of hydrogen-bond acceptors (Lipinski definition) is 7. The number of amides is 2. The normalized spacial score (nSPS) is 24.7. The second-order valence-corrected chi connectivity index (χ2v) is 8.95. The summed E-state index contributed by atoms with van der Waals surface area (Å²) in [6, 6.07) is -0.0176. The number of aryl methyl sites for hydroxylation is 1. The fourth-order valence-electron chi connectivity index (χ4n) is 5.13. The number of piperidine rings is 1. The second kappa shape index (κ2) is 10.1. The first-order valence-corrected chi connectivity index (χ1v) is 11.7. The first-order valence-electron chi connectivity index (χ1n) is 11.7. The minimum atomic E-state index is -0.566. The third kappa shape index (κ3) is 5.26. The molecule has 3 heterocycles. The Bertz CT molecular complexity index is 753. The summed E-state index contributed by atoms with van der Waals surface area (Å²) in [6.45, 7) is 3.43. The largest absolute Gasteiger partial charge is 0.348 e. The number of aromatic nitrogens is 2. The number of hydrogen-bond donors (Lipinski definition) is 1. The molecule has 0 aromatic carbocycles. The molecule has 3 aliphatic rings. The Morgan fingerprint density at radius 1 is 1.10 bits per heavy atom. The van der Waals surface area contributed by atoms with E-state index >= 15 is 0 Å². The fourth-order valence-corrected chi connectivity index (χ4v) is 5.13. The number of carbonyl (C=O) groups is 2. The van der Waals surface area contributed by atoms with Gasteiger partial charge in [0.1, 0.15) is 5.54 Å². The van der Waals surface area contributed by atoms with Crippen molar-refractivity contribution >= 4 is 11.8 Å². The van der Waals surface area contributed by atoms with Crippen molar-refractivity contribution in [3.05, 3.63) is 11.7 Å². The molecule has 1 unspecified atom stereocenters. The maximum absolute atomic E-state index is 13.0. The lowest BCUT2D eigenvalue weighted by Gasteiger charge is -2.38. The Kier molecular flexibility index (Phi) is 7.22. The third-order valence-electron chi connectivity index (χ3n) is 6.65. The summed E-state index contributed by atoms with van der Waals surface area (Å²) in [5.74, 6) is 0.959. The molecule has 0 spiro atoms. The van der Waals surface area contributed by atoms with E-state index in [1.807, 2.05) is 4.90 Å². The van der Waals surface area contributed by atoms with E-state index < -0.39 is 5.54 Å². The standard InChI is InChI=1S/C22H34N4O5/c1-16(27)24-22(11-5-2-3-6-12-22)21-23-18(31-25-21)9-10-19(28)26-13-7-4-8-17(26)20-29-14-15-30-20/h17,20H,2-15H2,1H3,(H,24,27). The lowest BCUT2D eigenvalue weighted by atomic mass is 9.89. The highest BCUT2D eigenvalue weighted by Crippen LogP contribution is 2.34. The third-order valence-corrected chi connectivity index (χ3v) is 6.65. The monoisotopic (exact) mass is 434 g/mol. The van der Waals surface area contributed by atoms with Crippen LogP contribution in [0.2, 0.25) is 0 Å². The number of nitrogens with one attached hydrogen (secondary N) is 1. The van der Waals surface area contributed by atoms with Gasteiger partial charge in [-0.3, -0.25) is 9.59 Å². The summed E-state index contributed by atoms with van der Waals surface area (Å²) in [7, 11) is 0. The van der Waals surface area contributed by atoms with Gasteiger partial charge in [0, 0.05) is 26.3 Å². The molecule has 172 valence electrons. The molecule has 1 aliphatic carbocycles. The predicted octanol–water partition coefficient (Wildman–Crippen LogP) is 2.44. The number of carbonyl (C=O) groups excluding carboxylic acids is 2. The van der Waals surface area contributed by atoms with E-state index in [4.69, 9.17) is 14.0 Å². The highest BCUT2D eigenvalue weighted by atomic mass is 16.7. The first-order chi connectivity index (χ1) is 15.1. The summed E-state index contributed by atoms with van der Waals surface area (Å²) in [5.41, 5.74) is -0.566. The van der Waals surface area contributed by atoms with Gasteiger partial charge in [-0.2, -0.15) is 4.98 Å². The van der Waals surface area contributed by atoms with E-state index in [0.29, 0.717) is 37.8 Å².